The lowest BCUT2D eigenvalue weighted by Gasteiger charge is -2.16. The average Bonchev–Trinajstić information content (AvgIpc) is 2.50. The summed E-state index contributed by atoms with van der Waals surface area (Å²) in [5.41, 5.74) is 0.256. The molecule has 1 aliphatic rings. The first-order valence-electron chi connectivity index (χ1n) is 5.79. The van der Waals surface area contributed by atoms with E-state index in [4.69, 9.17) is 14.3 Å². The second-order valence-electron chi connectivity index (χ2n) is 4.23. The largest absolute Gasteiger partial charge is 0.478 e. The van der Waals surface area contributed by atoms with Gasteiger partial charge < -0.3 is 14.3 Å². The number of aromatic carboxylic acids is 1. The Kier molecular flexibility index (Phi) is 3.81. The van der Waals surface area contributed by atoms with Crippen molar-refractivity contribution < 1.29 is 19.1 Å². The fourth-order valence-corrected chi connectivity index (χ4v) is 2.01. The lowest BCUT2D eigenvalue weighted by atomic mass is 10.2. The number of carboxylic acids is 1. The molecule has 1 fully saturated rings. The zero-order chi connectivity index (χ0) is 12.3. The van der Waals surface area contributed by atoms with Gasteiger partial charge in [-0.2, -0.15) is 0 Å². The highest BCUT2D eigenvalue weighted by molar-refractivity contribution is 5.88. The van der Waals surface area contributed by atoms with Crippen molar-refractivity contribution >= 4 is 5.97 Å². The van der Waals surface area contributed by atoms with Crippen molar-refractivity contribution in [2.24, 2.45) is 0 Å². The van der Waals surface area contributed by atoms with E-state index in [9.17, 15) is 4.79 Å². The van der Waals surface area contributed by atoms with Gasteiger partial charge in [-0.05, 0) is 19.4 Å². The Morgan fingerprint density at radius 3 is 3.00 bits per heavy atom. The molecule has 0 spiro atoms. The number of ether oxygens (including phenoxy) is 1. The standard InChI is InChI=1S/C12H17NO4/c1-9-11(12(14)15)7-10(17-9)8-13-3-2-5-16-6-4-13/h7H,2-6,8H2,1H3,(H,14,15). The maximum atomic E-state index is 10.9. The SMILES string of the molecule is Cc1oc(CN2CCCOCC2)cc1C(=O)O. The fraction of sp³-hybridized carbons (Fsp3) is 0.583. The summed E-state index contributed by atoms with van der Waals surface area (Å²) in [5.74, 6) is 0.247. The van der Waals surface area contributed by atoms with Gasteiger partial charge in [-0.25, -0.2) is 4.79 Å². The van der Waals surface area contributed by atoms with E-state index in [1.807, 2.05) is 0 Å². The molecule has 0 amide bonds. The number of carbonyl (C=O) groups is 1. The number of furan rings is 1. The summed E-state index contributed by atoms with van der Waals surface area (Å²) in [4.78, 5) is 13.1. The molecule has 17 heavy (non-hydrogen) atoms. The third kappa shape index (κ3) is 3.08. The summed E-state index contributed by atoms with van der Waals surface area (Å²) in [7, 11) is 0. The van der Waals surface area contributed by atoms with Crippen LogP contribution in [0.2, 0.25) is 0 Å². The summed E-state index contributed by atoms with van der Waals surface area (Å²) in [6.07, 6.45) is 1.01. The number of hydrogen-bond donors (Lipinski definition) is 1. The molecule has 94 valence electrons. The van der Waals surface area contributed by atoms with Crippen LogP contribution in [0.1, 0.15) is 28.3 Å². The Hall–Kier alpha value is -1.33. The van der Waals surface area contributed by atoms with Gasteiger partial charge in [-0.3, -0.25) is 4.90 Å². The van der Waals surface area contributed by atoms with Gasteiger partial charge in [0.25, 0.3) is 0 Å². The van der Waals surface area contributed by atoms with Gasteiger partial charge in [0.2, 0.25) is 0 Å². The average molecular weight is 239 g/mol. The molecule has 1 aromatic rings. The van der Waals surface area contributed by atoms with Gasteiger partial charge >= 0.3 is 5.97 Å². The van der Waals surface area contributed by atoms with E-state index in [1.165, 1.54) is 0 Å². The van der Waals surface area contributed by atoms with E-state index >= 15 is 0 Å². The monoisotopic (exact) mass is 239 g/mol. The van der Waals surface area contributed by atoms with Crippen LogP contribution in [-0.2, 0) is 11.3 Å². The number of aryl methyl sites for hydroxylation is 1. The van der Waals surface area contributed by atoms with E-state index in [2.05, 4.69) is 4.90 Å². The molecule has 2 heterocycles. The molecule has 0 radical (unpaired) electrons. The van der Waals surface area contributed by atoms with E-state index in [0.29, 0.717) is 18.1 Å². The molecule has 0 atom stereocenters. The third-order valence-corrected chi connectivity index (χ3v) is 2.89. The molecule has 5 heteroatoms. The summed E-state index contributed by atoms with van der Waals surface area (Å²) in [6, 6.07) is 1.61. The van der Waals surface area contributed by atoms with Crippen LogP contribution in [-0.4, -0.2) is 42.3 Å². The summed E-state index contributed by atoms with van der Waals surface area (Å²) < 4.78 is 10.8. The van der Waals surface area contributed by atoms with E-state index in [-0.39, 0.29) is 5.56 Å². The van der Waals surface area contributed by atoms with Crippen molar-refractivity contribution in [3.05, 3.63) is 23.2 Å². The molecule has 0 unspecified atom stereocenters. The normalized spacial score (nSPS) is 17.9. The van der Waals surface area contributed by atoms with Crippen molar-refractivity contribution in [1.29, 1.82) is 0 Å². The molecular formula is C12H17NO4. The molecular weight excluding hydrogens is 222 g/mol. The Morgan fingerprint density at radius 2 is 2.29 bits per heavy atom. The lowest BCUT2D eigenvalue weighted by Crippen LogP contribution is -2.25. The van der Waals surface area contributed by atoms with Crippen LogP contribution >= 0.6 is 0 Å². The van der Waals surface area contributed by atoms with Crippen LogP contribution in [0.25, 0.3) is 0 Å². The summed E-state index contributed by atoms with van der Waals surface area (Å²) in [6.45, 7) is 5.68. The number of rotatable bonds is 3. The smallest absolute Gasteiger partial charge is 0.339 e. The molecule has 1 N–H and O–H groups in total. The molecule has 1 aromatic heterocycles. The fourth-order valence-electron chi connectivity index (χ4n) is 2.01. The van der Waals surface area contributed by atoms with Gasteiger partial charge in [0.1, 0.15) is 17.1 Å². The van der Waals surface area contributed by atoms with Crippen LogP contribution in [0.5, 0.6) is 0 Å². The maximum Gasteiger partial charge on any atom is 0.339 e. The molecule has 0 saturated carbocycles. The highest BCUT2D eigenvalue weighted by atomic mass is 16.5. The zero-order valence-corrected chi connectivity index (χ0v) is 9.94. The maximum absolute atomic E-state index is 10.9. The molecule has 0 aliphatic carbocycles. The van der Waals surface area contributed by atoms with Gasteiger partial charge in [-0.15, -0.1) is 0 Å². The van der Waals surface area contributed by atoms with Crippen LogP contribution in [0.4, 0.5) is 0 Å². The lowest BCUT2D eigenvalue weighted by molar-refractivity contribution is 0.0695. The van der Waals surface area contributed by atoms with Crippen molar-refractivity contribution in [2.45, 2.75) is 19.9 Å². The van der Waals surface area contributed by atoms with Crippen molar-refractivity contribution in [2.75, 3.05) is 26.3 Å². The first kappa shape index (κ1) is 12.1. The van der Waals surface area contributed by atoms with E-state index < -0.39 is 5.97 Å². The van der Waals surface area contributed by atoms with Crippen molar-refractivity contribution in [3.63, 3.8) is 0 Å². The van der Waals surface area contributed by atoms with E-state index in [1.54, 1.807) is 13.0 Å². The van der Waals surface area contributed by atoms with Gasteiger partial charge in [-0.1, -0.05) is 0 Å². The molecule has 1 aliphatic heterocycles. The van der Waals surface area contributed by atoms with Crippen LogP contribution < -0.4 is 0 Å². The molecule has 0 bridgehead atoms. The van der Waals surface area contributed by atoms with Crippen LogP contribution in [0, 0.1) is 6.92 Å². The number of hydrogen-bond acceptors (Lipinski definition) is 4. The minimum atomic E-state index is -0.934. The van der Waals surface area contributed by atoms with Crippen molar-refractivity contribution in [1.82, 2.24) is 4.90 Å². The molecule has 0 aromatic carbocycles. The first-order valence-corrected chi connectivity index (χ1v) is 5.79. The van der Waals surface area contributed by atoms with Gasteiger partial charge in [0.15, 0.2) is 0 Å². The Labute approximate surface area is 100.0 Å². The van der Waals surface area contributed by atoms with Crippen molar-refractivity contribution in [3.8, 4) is 0 Å². The molecule has 5 nitrogen and oxygen atoms in total. The Morgan fingerprint density at radius 1 is 1.47 bits per heavy atom. The quantitative estimate of drug-likeness (QED) is 0.866. The highest BCUT2D eigenvalue weighted by Gasteiger charge is 2.16. The predicted molar refractivity (Wildman–Crippen MR) is 61.1 cm³/mol. The van der Waals surface area contributed by atoms with Crippen LogP contribution in [0.15, 0.2) is 10.5 Å². The van der Waals surface area contributed by atoms with E-state index in [0.717, 1.165) is 32.7 Å². The molecule has 1 saturated heterocycles. The first-order chi connectivity index (χ1) is 8.16. The zero-order valence-electron chi connectivity index (χ0n) is 9.94. The Balaban J connectivity index is 2.02. The number of nitrogens with zero attached hydrogens (tertiary/aromatic N) is 1. The second-order valence-corrected chi connectivity index (χ2v) is 4.23. The van der Waals surface area contributed by atoms with Gasteiger partial charge in [0, 0.05) is 19.7 Å². The molecule has 2 rings (SSSR count). The minimum Gasteiger partial charge on any atom is -0.478 e. The topological polar surface area (TPSA) is 62.9 Å². The third-order valence-electron chi connectivity index (χ3n) is 2.89. The highest BCUT2D eigenvalue weighted by Crippen LogP contribution is 2.16. The number of carboxylic acid groups (broad SMARTS) is 1. The predicted octanol–water partition coefficient (Wildman–Crippen LogP) is 1.51. The summed E-state index contributed by atoms with van der Waals surface area (Å²) in [5, 5.41) is 8.94. The summed E-state index contributed by atoms with van der Waals surface area (Å²) >= 11 is 0. The minimum absolute atomic E-state index is 0.256. The Bertz CT molecular complexity index is 391. The second kappa shape index (κ2) is 5.33. The van der Waals surface area contributed by atoms with Gasteiger partial charge in [0.05, 0.1) is 13.2 Å². The van der Waals surface area contributed by atoms with Crippen LogP contribution in [0.3, 0.4) is 0 Å².